The number of benzene rings is 2. The molecule has 0 atom stereocenters. The highest BCUT2D eigenvalue weighted by atomic mass is 16.5. The summed E-state index contributed by atoms with van der Waals surface area (Å²) in [6.07, 6.45) is 7.01. The van der Waals surface area contributed by atoms with Gasteiger partial charge in [-0.3, -0.25) is 4.79 Å². The Hall–Kier alpha value is -2.49. The number of amides is 1. The number of aryl methyl sites for hydroxylation is 2. The van der Waals surface area contributed by atoms with Gasteiger partial charge in [0.2, 0.25) is 5.91 Å². The van der Waals surface area contributed by atoms with Crippen LogP contribution in [0.25, 0.3) is 0 Å². The molecule has 4 heteroatoms. The Morgan fingerprint density at radius 2 is 1.79 bits per heavy atom. The van der Waals surface area contributed by atoms with Gasteiger partial charge in [-0.2, -0.15) is 0 Å². The maximum absolute atomic E-state index is 12.4. The second-order valence-electron chi connectivity index (χ2n) is 7.15. The molecule has 4 nitrogen and oxygen atoms in total. The van der Waals surface area contributed by atoms with Crippen molar-refractivity contribution in [2.24, 2.45) is 0 Å². The normalized spacial score (nSPS) is 10.5. The lowest BCUT2D eigenvalue weighted by Crippen LogP contribution is -2.22. The summed E-state index contributed by atoms with van der Waals surface area (Å²) in [7, 11) is 0. The van der Waals surface area contributed by atoms with Crippen LogP contribution < -0.4 is 15.4 Å². The molecule has 0 radical (unpaired) electrons. The van der Waals surface area contributed by atoms with Gasteiger partial charge in [-0.1, -0.05) is 63.8 Å². The van der Waals surface area contributed by atoms with Crippen molar-refractivity contribution < 1.29 is 9.53 Å². The van der Waals surface area contributed by atoms with Crippen molar-refractivity contribution in [3.8, 4) is 5.75 Å². The summed E-state index contributed by atoms with van der Waals surface area (Å²) < 4.78 is 5.82. The van der Waals surface area contributed by atoms with Crippen molar-refractivity contribution >= 4 is 17.3 Å². The fourth-order valence-electron chi connectivity index (χ4n) is 3.21. The van der Waals surface area contributed by atoms with Crippen molar-refractivity contribution in [1.82, 2.24) is 0 Å². The van der Waals surface area contributed by atoms with Crippen molar-refractivity contribution in [3.05, 3.63) is 53.6 Å². The van der Waals surface area contributed by atoms with Gasteiger partial charge in [0.05, 0.1) is 13.2 Å². The van der Waals surface area contributed by atoms with E-state index < -0.39 is 0 Å². The second-order valence-corrected chi connectivity index (χ2v) is 7.15. The van der Waals surface area contributed by atoms with Gasteiger partial charge in [-0.15, -0.1) is 0 Å². The predicted molar refractivity (Wildman–Crippen MR) is 118 cm³/mol. The zero-order valence-electron chi connectivity index (χ0n) is 17.5. The molecule has 1 amide bonds. The summed E-state index contributed by atoms with van der Waals surface area (Å²) in [5, 5.41) is 6.23. The number of ether oxygens (including phenoxy) is 1. The standard InChI is InChI=1S/C24H34N2O2/c1-4-6-7-8-9-16-28-22-15-11-14-21(17-22)26-23(27)18-25-24-19(3)12-10-13-20(24)5-2/h10-15,17,25H,4-9,16,18H2,1-3H3,(H,26,27). The molecule has 0 spiro atoms. The van der Waals surface area contributed by atoms with Crippen molar-refractivity contribution in [3.63, 3.8) is 0 Å². The van der Waals surface area contributed by atoms with E-state index in [1.165, 1.54) is 31.2 Å². The summed E-state index contributed by atoms with van der Waals surface area (Å²) in [6, 6.07) is 13.8. The fraction of sp³-hybridized carbons (Fsp3) is 0.458. The summed E-state index contributed by atoms with van der Waals surface area (Å²) in [4.78, 5) is 12.4. The first-order valence-electron chi connectivity index (χ1n) is 10.5. The van der Waals surface area contributed by atoms with E-state index in [1.54, 1.807) is 0 Å². The van der Waals surface area contributed by atoms with Crippen LogP contribution in [0.15, 0.2) is 42.5 Å². The third kappa shape index (κ3) is 7.26. The first-order valence-corrected chi connectivity index (χ1v) is 10.5. The van der Waals surface area contributed by atoms with Crippen LogP contribution in [-0.2, 0) is 11.2 Å². The molecule has 152 valence electrons. The topological polar surface area (TPSA) is 50.4 Å². The van der Waals surface area contributed by atoms with Crippen LogP contribution in [-0.4, -0.2) is 19.1 Å². The van der Waals surface area contributed by atoms with Crippen molar-refractivity contribution in [2.45, 2.75) is 59.3 Å². The monoisotopic (exact) mass is 382 g/mol. The first-order chi connectivity index (χ1) is 13.6. The highest BCUT2D eigenvalue weighted by molar-refractivity contribution is 5.94. The highest BCUT2D eigenvalue weighted by Gasteiger charge is 2.07. The molecule has 0 saturated heterocycles. The number of anilines is 2. The lowest BCUT2D eigenvalue weighted by Gasteiger charge is -2.14. The summed E-state index contributed by atoms with van der Waals surface area (Å²) in [5.74, 6) is 0.732. The third-order valence-corrected chi connectivity index (χ3v) is 4.80. The summed E-state index contributed by atoms with van der Waals surface area (Å²) in [5.41, 5.74) is 4.19. The molecule has 0 unspecified atom stereocenters. The number of carbonyl (C=O) groups is 1. The number of rotatable bonds is 12. The average Bonchev–Trinajstić information content (AvgIpc) is 2.69. The van der Waals surface area contributed by atoms with E-state index in [-0.39, 0.29) is 12.5 Å². The van der Waals surface area contributed by atoms with E-state index in [2.05, 4.69) is 49.6 Å². The van der Waals surface area contributed by atoms with Gasteiger partial charge in [-0.25, -0.2) is 0 Å². The first kappa shape index (κ1) is 21.8. The van der Waals surface area contributed by atoms with Gasteiger partial charge in [-0.05, 0) is 43.0 Å². The molecule has 2 N–H and O–H groups in total. The Bertz CT molecular complexity index is 743. The van der Waals surface area contributed by atoms with E-state index in [9.17, 15) is 4.79 Å². The minimum Gasteiger partial charge on any atom is -0.494 e. The van der Waals surface area contributed by atoms with E-state index in [4.69, 9.17) is 4.74 Å². The quantitative estimate of drug-likeness (QED) is 0.446. The molecule has 0 bridgehead atoms. The zero-order valence-corrected chi connectivity index (χ0v) is 17.5. The van der Waals surface area contributed by atoms with Crippen molar-refractivity contribution in [2.75, 3.05) is 23.8 Å². The SMILES string of the molecule is CCCCCCCOc1cccc(NC(=O)CNc2c(C)cccc2CC)c1. The van der Waals surface area contributed by atoms with E-state index >= 15 is 0 Å². The van der Waals surface area contributed by atoms with Gasteiger partial charge < -0.3 is 15.4 Å². The maximum atomic E-state index is 12.4. The molecule has 28 heavy (non-hydrogen) atoms. The Kier molecular flexibility index (Phi) is 9.40. The van der Waals surface area contributed by atoms with Crippen LogP contribution in [0.3, 0.4) is 0 Å². The average molecular weight is 383 g/mol. The van der Waals surface area contributed by atoms with Crippen LogP contribution in [0.5, 0.6) is 5.75 Å². The molecule has 0 heterocycles. The van der Waals surface area contributed by atoms with Crippen LogP contribution in [0.1, 0.15) is 57.1 Å². The molecule has 0 aromatic heterocycles. The van der Waals surface area contributed by atoms with Crippen LogP contribution in [0.2, 0.25) is 0 Å². The number of hydrogen-bond acceptors (Lipinski definition) is 3. The minimum absolute atomic E-state index is 0.0676. The fourth-order valence-corrected chi connectivity index (χ4v) is 3.21. The largest absolute Gasteiger partial charge is 0.494 e. The number of hydrogen-bond donors (Lipinski definition) is 2. The van der Waals surface area contributed by atoms with Crippen LogP contribution in [0, 0.1) is 6.92 Å². The van der Waals surface area contributed by atoms with Crippen LogP contribution in [0.4, 0.5) is 11.4 Å². The number of carbonyl (C=O) groups excluding carboxylic acids is 1. The van der Waals surface area contributed by atoms with Gasteiger partial charge in [0.25, 0.3) is 0 Å². The lowest BCUT2D eigenvalue weighted by atomic mass is 10.1. The highest BCUT2D eigenvalue weighted by Crippen LogP contribution is 2.21. The van der Waals surface area contributed by atoms with Gasteiger partial charge in [0, 0.05) is 17.4 Å². The zero-order chi connectivity index (χ0) is 20.2. The summed E-state index contributed by atoms with van der Waals surface area (Å²) >= 11 is 0. The molecule has 2 rings (SSSR count). The van der Waals surface area contributed by atoms with Crippen molar-refractivity contribution in [1.29, 1.82) is 0 Å². The molecule has 2 aromatic rings. The van der Waals surface area contributed by atoms with Gasteiger partial charge >= 0.3 is 0 Å². The number of para-hydroxylation sites is 1. The Morgan fingerprint density at radius 3 is 2.57 bits per heavy atom. The Balaban J connectivity index is 1.81. The van der Waals surface area contributed by atoms with Gasteiger partial charge in [0.1, 0.15) is 5.75 Å². The summed E-state index contributed by atoms with van der Waals surface area (Å²) in [6.45, 7) is 7.35. The number of unbranched alkanes of at least 4 members (excludes halogenated alkanes) is 4. The van der Waals surface area contributed by atoms with E-state index in [0.717, 1.165) is 42.1 Å². The Morgan fingerprint density at radius 1 is 1.00 bits per heavy atom. The third-order valence-electron chi connectivity index (χ3n) is 4.80. The minimum atomic E-state index is -0.0676. The molecule has 0 saturated carbocycles. The predicted octanol–water partition coefficient (Wildman–Crippen LogP) is 5.96. The molecular weight excluding hydrogens is 348 g/mol. The van der Waals surface area contributed by atoms with Crippen LogP contribution >= 0.6 is 0 Å². The van der Waals surface area contributed by atoms with Gasteiger partial charge in [0.15, 0.2) is 0 Å². The lowest BCUT2D eigenvalue weighted by molar-refractivity contribution is -0.114. The maximum Gasteiger partial charge on any atom is 0.243 e. The Labute approximate surface area is 169 Å². The smallest absolute Gasteiger partial charge is 0.243 e. The van der Waals surface area contributed by atoms with E-state index in [1.807, 2.05) is 24.3 Å². The second kappa shape index (κ2) is 12.1. The molecular formula is C24H34N2O2. The molecule has 2 aromatic carbocycles. The molecule has 0 fully saturated rings. The molecule has 0 aliphatic rings. The van der Waals surface area contributed by atoms with E-state index in [0.29, 0.717) is 0 Å². The molecule has 0 aliphatic heterocycles. The molecule has 0 aliphatic carbocycles. The number of nitrogens with one attached hydrogen (secondary N) is 2.